The van der Waals surface area contributed by atoms with Crippen molar-refractivity contribution in [1.29, 1.82) is 0 Å². The van der Waals surface area contributed by atoms with Gasteiger partial charge in [-0.1, -0.05) is 60.7 Å². The lowest BCUT2D eigenvalue weighted by Crippen LogP contribution is -2.69. The van der Waals surface area contributed by atoms with Crippen LogP contribution in [0.15, 0.2) is 60.7 Å². The third-order valence-corrected chi connectivity index (χ3v) is 33.8. The smallest absolute Gasteiger partial charge is 0.304 e. The summed E-state index contributed by atoms with van der Waals surface area (Å²) in [5, 5.41) is 266. The molecule has 30 aliphatic rings. The zero-order valence-electron chi connectivity index (χ0n) is 73.4. The fourth-order valence-electron chi connectivity index (χ4n) is 16.2. The zero-order chi connectivity index (χ0) is 100. The van der Waals surface area contributed by atoms with Gasteiger partial charge in [0.15, 0.2) is 57.5 Å². The SMILES string of the molecule is O=C(O)CCSC[C@H]1O[C@@H]2O[C@H]3[C@@H](O)[C@@H](O)[C@@H](O[C@H]4[C@@H](O)[C@@H](O)[C@@H](O[C@H]5[C@@H](O)[C@@H](O)[C@@H](O[C@H]6[C@@H](O)[C@@H](O)[C@@H](O[C@H]7[C@@H](O)[C@@H](O)[C@@H](O[C@H]8[C@@H](O)[C@@H](O)[C@@H](O[C@H]9[C@H](O)[C@@H](O)[C@@H](O[C@H]1[C@@H](O)[C@H]2O)O[C@@H]9COCP(=O)(c1ccccc1)c1ccccc1)O[C@@H]8CSCCC(=O)O)O[C@@H]7CSCCC(=O)O)O[C@@H]6CSCCC(=O)O)O[C@@H]5CSCCC(=O)O)O[C@@H]4CSCCC(=O)O)O[C@@H]3CSCCC(=O)O. The lowest BCUT2D eigenvalue weighted by Gasteiger charge is -2.51. The zero-order valence-corrected chi connectivity index (χ0v) is 80.0. The molecule has 23 N–H and O–H groups in total. The Hall–Kier alpha value is -3.91. The molecule has 0 unspecified atom stereocenters. The molecule has 56 heteroatoms. The van der Waals surface area contributed by atoms with Crippen LogP contribution in [-0.4, -0.2) is 498 Å². The second kappa shape index (κ2) is 54.7. The van der Waals surface area contributed by atoms with E-state index in [0.29, 0.717) is 10.6 Å². The fraction of sp³-hybridized carbons (Fsp3) is 0.768. The van der Waals surface area contributed by atoms with Gasteiger partial charge in [-0.15, -0.1) is 0 Å². The van der Waals surface area contributed by atoms with E-state index < -0.39 is 375 Å². The van der Waals surface area contributed by atoms with E-state index in [2.05, 4.69) is 0 Å². The Balaban J connectivity index is 0.985. The Morgan fingerprint density at radius 1 is 0.232 bits per heavy atom. The second-order valence-corrected chi connectivity index (χ2v) is 44.3. The summed E-state index contributed by atoms with van der Waals surface area (Å²) in [5.41, 5.74) is 0. The van der Waals surface area contributed by atoms with Crippen molar-refractivity contribution < 1.29 is 236 Å². The molecule has 32 rings (SSSR count). The van der Waals surface area contributed by atoms with Crippen LogP contribution >= 0.6 is 89.5 Å². The van der Waals surface area contributed by atoms with Crippen LogP contribution in [0.25, 0.3) is 0 Å². The maximum atomic E-state index is 15.5. The topological polar surface area (TPSA) is 759 Å². The van der Waals surface area contributed by atoms with Gasteiger partial charge in [0.2, 0.25) is 0 Å². The maximum Gasteiger partial charge on any atom is 0.304 e. The first-order valence-electron chi connectivity index (χ1n) is 44.0. The largest absolute Gasteiger partial charge is 0.481 e. The van der Waals surface area contributed by atoms with E-state index >= 15 is 4.57 Å². The summed E-state index contributed by atoms with van der Waals surface area (Å²) < 4.78 is 123. The van der Waals surface area contributed by atoms with Crippen LogP contribution in [-0.2, 0) is 119 Å². The van der Waals surface area contributed by atoms with Crippen molar-refractivity contribution in [2.45, 2.75) is 291 Å². The first-order chi connectivity index (χ1) is 65.7. The highest BCUT2D eigenvalue weighted by Gasteiger charge is 2.61. The Bertz CT molecular complexity index is 3990. The Kier molecular flexibility index (Phi) is 45.3. The molecular weight excluding hydrogens is 2010 g/mol. The van der Waals surface area contributed by atoms with E-state index in [-0.39, 0.29) is 57.5 Å². The summed E-state index contributed by atoms with van der Waals surface area (Å²) in [6.45, 7) is -0.816. The predicted molar refractivity (Wildman–Crippen MR) is 482 cm³/mol. The highest BCUT2D eigenvalue weighted by Crippen LogP contribution is 2.46. The van der Waals surface area contributed by atoms with E-state index in [0.717, 1.165) is 82.3 Å². The molecule has 16 bridgehead atoms. The number of hydrogen-bond donors (Lipinski definition) is 23. The summed E-state index contributed by atoms with van der Waals surface area (Å²) in [4.78, 5) is 83.2. The number of aliphatic carboxylic acids is 7. The fourth-order valence-corrected chi connectivity index (χ4v) is 25.4. The molecule has 782 valence electrons. The number of benzene rings is 2. The van der Waals surface area contributed by atoms with Crippen LogP contribution in [0.4, 0.5) is 0 Å². The minimum atomic E-state index is -3.85. The number of carboxylic acid groups (broad SMARTS) is 7. The molecule has 138 heavy (non-hydrogen) atoms. The highest BCUT2D eigenvalue weighted by atomic mass is 32.2. The molecule has 0 spiro atoms. The van der Waals surface area contributed by atoms with Gasteiger partial charge in [0, 0.05) is 91.1 Å². The quantitative estimate of drug-likeness (QED) is 0.0218. The van der Waals surface area contributed by atoms with Crippen LogP contribution < -0.4 is 10.6 Å². The van der Waals surface area contributed by atoms with Gasteiger partial charge in [-0.25, -0.2) is 0 Å². The monoisotopic (exact) mass is 2130 g/mol. The first-order valence-corrected chi connectivity index (χ1v) is 53.9. The summed E-state index contributed by atoms with van der Waals surface area (Å²) in [6.07, 6.45) is -87.4. The van der Waals surface area contributed by atoms with Gasteiger partial charge in [0.1, 0.15) is 159 Å². The van der Waals surface area contributed by atoms with Crippen molar-refractivity contribution in [3.63, 3.8) is 0 Å². The molecule has 0 saturated carbocycles. The van der Waals surface area contributed by atoms with Crippen LogP contribution in [0.1, 0.15) is 44.9 Å². The molecule has 30 saturated heterocycles. The van der Waals surface area contributed by atoms with E-state index in [1.165, 1.54) is 0 Å². The molecule has 0 amide bonds. The van der Waals surface area contributed by atoms with Gasteiger partial charge in [-0.2, -0.15) is 82.3 Å². The number of carboxylic acids is 7. The average molecular weight is 2130 g/mol. The molecule has 2 aromatic carbocycles. The van der Waals surface area contributed by atoms with Crippen LogP contribution in [0.3, 0.4) is 0 Å². The summed E-state index contributed by atoms with van der Waals surface area (Å²) in [7, 11) is -3.85. The third kappa shape index (κ3) is 30.7. The average Bonchev–Trinajstić information content (AvgIpc) is 0.764. The number of rotatable bonds is 41. The van der Waals surface area contributed by atoms with Gasteiger partial charge in [0.25, 0.3) is 0 Å². The second-order valence-electron chi connectivity index (χ2n) is 33.4. The van der Waals surface area contributed by atoms with Crippen molar-refractivity contribution in [2.75, 3.05) is 93.5 Å². The molecule has 30 aliphatic heterocycles. The number of aliphatic hydroxyl groups is 16. The van der Waals surface area contributed by atoms with Crippen LogP contribution in [0.5, 0.6) is 0 Å². The molecule has 0 radical (unpaired) electrons. The van der Waals surface area contributed by atoms with E-state index in [9.17, 15) is 151 Å². The number of ether oxygens (including phenoxy) is 17. The number of hydrogen-bond acceptors (Lipinski definition) is 48. The van der Waals surface area contributed by atoms with Gasteiger partial charge in [0.05, 0.1) is 94.3 Å². The normalized spacial score (nSPS) is 39.4. The lowest BCUT2D eigenvalue weighted by atomic mass is 9.95. The number of carbonyl (C=O) groups is 7. The lowest BCUT2D eigenvalue weighted by molar-refractivity contribution is -0.397. The number of thioether (sulfide) groups is 7. The summed E-state index contributed by atoms with van der Waals surface area (Å²) >= 11 is 6.16. The van der Waals surface area contributed by atoms with Gasteiger partial charge >= 0.3 is 41.8 Å². The molecule has 30 fully saturated rings. The summed E-state index contributed by atoms with van der Waals surface area (Å²) in [6, 6.07) is 16.1. The van der Waals surface area contributed by atoms with Crippen molar-refractivity contribution in [3.05, 3.63) is 60.7 Å². The molecule has 0 aliphatic carbocycles. The molecular formula is C82H119O48PS7. The van der Waals surface area contributed by atoms with Crippen LogP contribution in [0.2, 0.25) is 0 Å². The molecule has 2 aromatic rings. The van der Waals surface area contributed by atoms with E-state index in [1.807, 2.05) is 0 Å². The van der Waals surface area contributed by atoms with Gasteiger partial charge in [-0.05, 0) is 0 Å². The van der Waals surface area contributed by atoms with Crippen molar-refractivity contribution >= 4 is 142 Å². The Morgan fingerprint density at radius 3 is 0.543 bits per heavy atom. The molecule has 0 aromatic heterocycles. The standard InChI is InChI=1S/C82H119O48PS7/c83-44(84)11-18-132-26-37-68-53(99)61(107)77(117-37)126-70-39(28-134-20-13-46(87)88)119-79(63(109)55(70)101)128-72-41(30-136-22-15-48(91)92)121-81(65(111)57(72)103)130-74-43(32-138-24-17-50(95)96)122-82(66(112)58(74)104)129-73-42(31-137-23-16-49(93)94)120-80(64(110)56(73)102)127-71-40(29-135-21-14-47(89)90)118-78(62(108)54(71)100)125-69-38(27-133-19-12-45(85)86)116-76(60(106)52(69)98)123-67-36(115-75(124-68)59(105)51(67)97)25-114-33-131(113,34-7-3-1-4-8-34)35-9-5-2-6-10-35/h1-10,36-43,51-82,97-112H,11-33H2,(H,83,84)(H,85,86)(H,87,88)(H,89,90)(H,91,92)(H,93,94)(H,95,96)/t36-,37-,38-,39-,40-,41-,42-,43-,51-,52+,53+,54+,55+,56+,57+,58+,59-,60-,61-,62-,63-,64-,65-,66-,67-,68-,69-,70-,71-,72-,73-,74-,75-,76-,77-,78-,79-,80-,81-,82-/m1/s1. The molecule has 30 heterocycles. The first kappa shape index (κ1) is 114. The minimum absolute atomic E-state index is 0.161. The highest BCUT2D eigenvalue weighted by molar-refractivity contribution is 8.00. The predicted octanol–water partition coefficient (Wildman–Crippen LogP) is -5.90. The maximum absolute atomic E-state index is 15.5. The van der Waals surface area contributed by atoms with E-state index in [4.69, 9.17) is 80.5 Å². The Morgan fingerprint density at radius 2 is 0.384 bits per heavy atom. The van der Waals surface area contributed by atoms with Gasteiger partial charge < -0.3 is 203 Å². The van der Waals surface area contributed by atoms with Crippen LogP contribution in [0, 0.1) is 0 Å². The third-order valence-electron chi connectivity index (χ3n) is 23.6. The molecule has 48 nitrogen and oxygen atoms in total. The summed E-state index contributed by atoms with van der Waals surface area (Å²) in [5.74, 6) is -12.7. The van der Waals surface area contributed by atoms with Crippen molar-refractivity contribution in [2.24, 2.45) is 0 Å². The number of aliphatic hydroxyl groups excluding tert-OH is 16. The molecule has 40 atom stereocenters. The van der Waals surface area contributed by atoms with Gasteiger partial charge in [-0.3, -0.25) is 33.6 Å². The Labute approximate surface area is 817 Å². The van der Waals surface area contributed by atoms with Crippen molar-refractivity contribution in [3.8, 4) is 0 Å². The minimum Gasteiger partial charge on any atom is -0.481 e. The van der Waals surface area contributed by atoms with E-state index in [1.54, 1.807) is 60.7 Å². The van der Waals surface area contributed by atoms with Crippen molar-refractivity contribution in [1.82, 2.24) is 0 Å².